The van der Waals surface area contributed by atoms with Crippen LogP contribution < -0.4 is 5.32 Å². The number of aryl methyl sites for hydroxylation is 1. The van der Waals surface area contributed by atoms with E-state index in [1.54, 1.807) is 25.3 Å². The van der Waals surface area contributed by atoms with Crippen LogP contribution in [-0.2, 0) is 16.0 Å². The van der Waals surface area contributed by atoms with E-state index in [0.29, 0.717) is 12.6 Å². The van der Waals surface area contributed by atoms with E-state index < -0.39 is 0 Å². The number of carbonyl (C=O) groups excluding carboxylic acids is 1. The molecule has 0 atom stereocenters. The number of hydrogen-bond acceptors (Lipinski definition) is 7. The first-order valence-electron chi connectivity index (χ1n) is 6.44. The van der Waals surface area contributed by atoms with Gasteiger partial charge in [-0.15, -0.1) is 11.3 Å². The van der Waals surface area contributed by atoms with Crippen molar-refractivity contribution in [2.45, 2.75) is 25.3 Å². The zero-order valence-corrected chi connectivity index (χ0v) is 13.4. The van der Waals surface area contributed by atoms with Crippen LogP contribution in [0.4, 0.5) is 5.95 Å². The second-order valence-electron chi connectivity index (χ2n) is 3.98. The highest BCUT2D eigenvalue weighted by atomic mass is 32.2. The maximum Gasteiger partial charge on any atom is 0.316 e. The molecule has 0 radical (unpaired) electrons. The lowest BCUT2D eigenvalue weighted by atomic mass is 10.3. The van der Waals surface area contributed by atoms with Gasteiger partial charge in [0.05, 0.1) is 12.4 Å². The fraction of sp³-hybridized carbons (Fsp3) is 0.462. The first-order valence-corrected chi connectivity index (χ1v) is 8.24. The van der Waals surface area contributed by atoms with Gasteiger partial charge in [-0.1, -0.05) is 18.7 Å². The minimum atomic E-state index is -0.221. The molecule has 0 unspecified atom stereocenters. The zero-order chi connectivity index (χ0) is 14.5. The summed E-state index contributed by atoms with van der Waals surface area (Å²) < 4.78 is 4.94. The Morgan fingerprint density at radius 3 is 2.90 bits per heavy atom. The van der Waals surface area contributed by atoms with E-state index in [-0.39, 0.29) is 11.7 Å². The molecule has 0 aliphatic carbocycles. The van der Waals surface area contributed by atoms with Crippen molar-refractivity contribution in [1.82, 2.24) is 9.97 Å². The Kier molecular flexibility index (Phi) is 5.19. The van der Waals surface area contributed by atoms with Crippen LogP contribution in [0.3, 0.4) is 0 Å². The van der Waals surface area contributed by atoms with Crippen LogP contribution in [0.1, 0.15) is 18.7 Å². The van der Waals surface area contributed by atoms with E-state index in [1.165, 1.54) is 16.6 Å². The Bertz CT molecular complexity index is 613. The molecule has 5 nitrogen and oxygen atoms in total. The summed E-state index contributed by atoms with van der Waals surface area (Å²) in [5.41, 5.74) is 0. The van der Waals surface area contributed by atoms with Crippen LogP contribution in [0.2, 0.25) is 0 Å². The third-order valence-corrected chi connectivity index (χ3v) is 4.75. The lowest BCUT2D eigenvalue weighted by Gasteiger charge is -2.05. The third kappa shape index (κ3) is 3.40. The predicted molar refractivity (Wildman–Crippen MR) is 83.7 cm³/mol. The van der Waals surface area contributed by atoms with Gasteiger partial charge in [0, 0.05) is 17.3 Å². The molecule has 0 fully saturated rings. The highest BCUT2D eigenvalue weighted by molar-refractivity contribution is 8.00. The van der Waals surface area contributed by atoms with Crippen molar-refractivity contribution in [3.63, 3.8) is 0 Å². The van der Waals surface area contributed by atoms with Gasteiger partial charge in [0.1, 0.15) is 9.86 Å². The van der Waals surface area contributed by atoms with Gasteiger partial charge in [-0.05, 0) is 19.4 Å². The first-order chi connectivity index (χ1) is 9.67. The Hall–Kier alpha value is -1.34. The molecular formula is C13H17N3O2S2. The second kappa shape index (κ2) is 6.90. The molecule has 2 heterocycles. The minimum Gasteiger partial charge on any atom is -0.465 e. The van der Waals surface area contributed by atoms with Crippen molar-refractivity contribution in [3.05, 3.63) is 10.9 Å². The summed E-state index contributed by atoms with van der Waals surface area (Å²) in [5.74, 6) is 0.620. The van der Waals surface area contributed by atoms with Gasteiger partial charge < -0.3 is 10.1 Å². The summed E-state index contributed by atoms with van der Waals surface area (Å²) in [6.07, 6.45) is 0.970. The lowest BCUT2D eigenvalue weighted by molar-refractivity contribution is -0.139. The van der Waals surface area contributed by atoms with E-state index in [0.717, 1.165) is 21.7 Å². The van der Waals surface area contributed by atoms with Crippen LogP contribution in [0.15, 0.2) is 11.1 Å². The average molecular weight is 311 g/mol. The van der Waals surface area contributed by atoms with Gasteiger partial charge in [-0.3, -0.25) is 4.79 Å². The normalized spacial score (nSPS) is 10.8. The monoisotopic (exact) mass is 311 g/mol. The van der Waals surface area contributed by atoms with Crippen molar-refractivity contribution >= 4 is 45.2 Å². The summed E-state index contributed by atoms with van der Waals surface area (Å²) in [6, 6.07) is 2.10. The van der Waals surface area contributed by atoms with E-state index in [2.05, 4.69) is 28.3 Å². The summed E-state index contributed by atoms with van der Waals surface area (Å²) >= 11 is 3.06. The summed E-state index contributed by atoms with van der Waals surface area (Å²) in [7, 11) is 1.79. The molecule has 7 heteroatoms. The highest BCUT2D eigenvalue weighted by Gasteiger charge is 2.13. The predicted octanol–water partition coefficient (Wildman–Crippen LogP) is 2.95. The maximum absolute atomic E-state index is 11.5. The van der Waals surface area contributed by atoms with Gasteiger partial charge in [0.25, 0.3) is 0 Å². The molecule has 0 aromatic carbocycles. The number of aromatic nitrogens is 2. The Labute approximate surface area is 126 Å². The van der Waals surface area contributed by atoms with Crippen molar-refractivity contribution < 1.29 is 9.53 Å². The maximum atomic E-state index is 11.5. The molecule has 2 aromatic rings. The number of hydrogen-bond donors (Lipinski definition) is 1. The zero-order valence-electron chi connectivity index (χ0n) is 11.7. The number of thioether (sulfide) groups is 1. The van der Waals surface area contributed by atoms with Crippen molar-refractivity contribution in [2.75, 3.05) is 24.7 Å². The lowest BCUT2D eigenvalue weighted by Crippen LogP contribution is -2.07. The molecule has 108 valence electrons. The Morgan fingerprint density at radius 2 is 2.25 bits per heavy atom. The number of rotatable bonds is 6. The molecule has 0 aliphatic heterocycles. The first kappa shape index (κ1) is 15.1. The smallest absolute Gasteiger partial charge is 0.316 e. The van der Waals surface area contributed by atoms with Crippen molar-refractivity contribution in [3.8, 4) is 0 Å². The Balaban J connectivity index is 2.29. The molecule has 0 aliphatic rings. The molecule has 1 N–H and O–H groups in total. The molecule has 0 saturated heterocycles. The highest BCUT2D eigenvalue weighted by Crippen LogP contribution is 2.32. The third-order valence-electron chi connectivity index (χ3n) is 2.61. The number of esters is 1. The molecule has 20 heavy (non-hydrogen) atoms. The SMILES string of the molecule is CCOC(=O)CSc1nc(NC)nc2sc(CC)cc12. The number of fused-ring (bicyclic) bond motifs is 1. The van der Waals surface area contributed by atoms with Crippen molar-refractivity contribution in [1.29, 1.82) is 0 Å². The number of anilines is 1. The fourth-order valence-electron chi connectivity index (χ4n) is 1.67. The van der Waals surface area contributed by atoms with Crippen LogP contribution in [-0.4, -0.2) is 35.3 Å². The van der Waals surface area contributed by atoms with Crippen LogP contribution in [0.25, 0.3) is 10.2 Å². The van der Waals surface area contributed by atoms with Crippen LogP contribution in [0, 0.1) is 0 Å². The van der Waals surface area contributed by atoms with E-state index in [1.807, 2.05) is 0 Å². The van der Waals surface area contributed by atoms with Gasteiger partial charge >= 0.3 is 5.97 Å². The largest absolute Gasteiger partial charge is 0.465 e. The van der Waals surface area contributed by atoms with Gasteiger partial charge in [-0.2, -0.15) is 0 Å². The van der Waals surface area contributed by atoms with E-state index in [9.17, 15) is 4.79 Å². The molecule has 0 spiro atoms. The summed E-state index contributed by atoms with van der Waals surface area (Å²) in [4.78, 5) is 22.6. The average Bonchev–Trinajstić information content (AvgIpc) is 2.87. The van der Waals surface area contributed by atoms with Crippen molar-refractivity contribution in [2.24, 2.45) is 0 Å². The van der Waals surface area contributed by atoms with Crippen LogP contribution >= 0.6 is 23.1 Å². The molecule has 2 rings (SSSR count). The number of nitrogens with zero attached hydrogens (tertiary/aromatic N) is 2. The van der Waals surface area contributed by atoms with Crippen LogP contribution in [0.5, 0.6) is 0 Å². The van der Waals surface area contributed by atoms with Gasteiger partial charge in [-0.25, -0.2) is 9.97 Å². The molecular weight excluding hydrogens is 294 g/mol. The fourth-order valence-corrected chi connectivity index (χ4v) is 3.50. The Morgan fingerprint density at radius 1 is 1.45 bits per heavy atom. The van der Waals surface area contributed by atoms with E-state index in [4.69, 9.17) is 4.74 Å². The van der Waals surface area contributed by atoms with Gasteiger partial charge in [0.15, 0.2) is 0 Å². The summed E-state index contributed by atoms with van der Waals surface area (Å²) in [6.45, 7) is 4.32. The molecule has 0 amide bonds. The number of thiophene rings is 1. The number of carbonyl (C=O) groups is 1. The standard InChI is InChI=1S/C13H17N3O2S2/c1-4-8-6-9-11(19-7-10(17)18-5-2)15-13(14-3)16-12(9)20-8/h6H,4-5,7H2,1-3H3,(H,14,15,16). The second-order valence-corrected chi connectivity index (χ2v) is 6.06. The molecule has 0 saturated carbocycles. The molecule has 0 bridgehead atoms. The molecule has 2 aromatic heterocycles. The topological polar surface area (TPSA) is 64.1 Å². The van der Waals surface area contributed by atoms with E-state index >= 15 is 0 Å². The minimum absolute atomic E-state index is 0.221. The number of nitrogens with one attached hydrogen (secondary N) is 1. The summed E-state index contributed by atoms with van der Waals surface area (Å²) in [5, 5.41) is 4.79. The van der Waals surface area contributed by atoms with Gasteiger partial charge in [0.2, 0.25) is 5.95 Å². The number of ether oxygens (including phenoxy) is 1. The quantitative estimate of drug-likeness (QED) is 0.503.